The lowest BCUT2D eigenvalue weighted by Crippen LogP contribution is -2.02. The minimum atomic E-state index is -0.687. The number of hydrogen-bond donors (Lipinski definition) is 1. The summed E-state index contributed by atoms with van der Waals surface area (Å²) in [4.78, 5) is 20.1. The SMILES string of the molecule is O=[N+]([O-])c1ccc(NCc2ccno2)c([N+](=O)[O-])c1. The standard InChI is InChI=1S/C10H8N4O5/c15-13(16)7-1-2-9(10(5-7)14(17)18)11-6-8-3-4-12-19-8/h1-5,11H,6H2. The Balaban J connectivity index is 2.24. The van der Waals surface area contributed by atoms with Crippen molar-refractivity contribution >= 4 is 17.1 Å². The van der Waals surface area contributed by atoms with Gasteiger partial charge < -0.3 is 9.84 Å². The number of nitrogens with zero attached hydrogens (tertiary/aromatic N) is 3. The third-order valence-corrected chi connectivity index (χ3v) is 2.33. The fourth-order valence-electron chi connectivity index (χ4n) is 1.45. The number of hydrogen-bond acceptors (Lipinski definition) is 7. The number of nitrogens with one attached hydrogen (secondary N) is 1. The van der Waals surface area contributed by atoms with Crippen LogP contribution in [0.4, 0.5) is 17.1 Å². The minimum Gasteiger partial charge on any atom is -0.372 e. The molecule has 98 valence electrons. The molecule has 9 heteroatoms. The summed E-state index contributed by atoms with van der Waals surface area (Å²) in [6, 6.07) is 4.98. The Morgan fingerprint density at radius 3 is 2.58 bits per heavy atom. The molecule has 0 radical (unpaired) electrons. The highest BCUT2D eigenvalue weighted by atomic mass is 16.6. The molecular formula is C10H8N4O5. The maximum atomic E-state index is 10.9. The van der Waals surface area contributed by atoms with Gasteiger partial charge in [-0.15, -0.1) is 0 Å². The number of nitro groups is 2. The van der Waals surface area contributed by atoms with E-state index in [-0.39, 0.29) is 23.6 Å². The molecule has 0 saturated heterocycles. The molecule has 1 N–H and O–H groups in total. The Hall–Kier alpha value is -2.97. The molecule has 1 aromatic heterocycles. The average Bonchev–Trinajstić information content (AvgIpc) is 2.89. The molecule has 1 aromatic carbocycles. The third-order valence-electron chi connectivity index (χ3n) is 2.33. The van der Waals surface area contributed by atoms with Crippen LogP contribution in [-0.4, -0.2) is 15.0 Å². The quantitative estimate of drug-likeness (QED) is 0.647. The lowest BCUT2D eigenvalue weighted by molar-refractivity contribution is -0.393. The average molecular weight is 264 g/mol. The van der Waals surface area contributed by atoms with Crippen LogP contribution in [-0.2, 0) is 6.54 Å². The second-order valence-corrected chi connectivity index (χ2v) is 3.55. The molecule has 0 aliphatic heterocycles. The first-order valence-electron chi connectivity index (χ1n) is 5.14. The Labute approximate surface area is 106 Å². The van der Waals surface area contributed by atoms with E-state index < -0.39 is 9.85 Å². The smallest absolute Gasteiger partial charge is 0.299 e. The topological polar surface area (TPSA) is 124 Å². The highest BCUT2D eigenvalue weighted by Gasteiger charge is 2.19. The molecule has 0 bridgehead atoms. The number of anilines is 1. The van der Waals surface area contributed by atoms with Crippen molar-refractivity contribution in [2.75, 3.05) is 5.32 Å². The van der Waals surface area contributed by atoms with Crippen molar-refractivity contribution in [3.05, 3.63) is 56.5 Å². The second-order valence-electron chi connectivity index (χ2n) is 3.55. The molecule has 0 spiro atoms. The normalized spacial score (nSPS) is 10.1. The van der Waals surface area contributed by atoms with E-state index in [1.807, 2.05) is 0 Å². The molecule has 19 heavy (non-hydrogen) atoms. The van der Waals surface area contributed by atoms with Gasteiger partial charge >= 0.3 is 0 Å². The molecular weight excluding hydrogens is 256 g/mol. The number of benzene rings is 1. The molecule has 0 saturated carbocycles. The van der Waals surface area contributed by atoms with Crippen molar-refractivity contribution < 1.29 is 14.4 Å². The third kappa shape index (κ3) is 2.83. The predicted octanol–water partition coefficient (Wildman–Crippen LogP) is 2.10. The van der Waals surface area contributed by atoms with Crippen molar-refractivity contribution in [1.29, 1.82) is 0 Å². The van der Waals surface area contributed by atoms with E-state index >= 15 is 0 Å². The molecule has 2 aromatic rings. The molecule has 0 amide bonds. The van der Waals surface area contributed by atoms with Crippen LogP contribution in [0, 0.1) is 20.2 Å². The Bertz CT molecular complexity index is 610. The van der Waals surface area contributed by atoms with Gasteiger partial charge in [0.1, 0.15) is 5.69 Å². The van der Waals surface area contributed by atoms with Gasteiger partial charge in [-0.3, -0.25) is 20.2 Å². The van der Waals surface area contributed by atoms with E-state index in [1.165, 1.54) is 18.3 Å². The highest BCUT2D eigenvalue weighted by Crippen LogP contribution is 2.29. The summed E-state index contributed by atoms with van der Waals surface area (Å²) in [7, 11) is 0. The van der Waals surface area contributed by atoms with Gasteiger partial charge in [0.15, 0.2) is 5.76 Å². The predicted molar refractivity (Wildman–Crippen MR) is 63.6 cm³/mol. The van der Waals surface area contributed by atoms with Gasteiger partial charge in [0.05, 0.1) is 28.7 Å². The fourth-order valence-corrected chi connectivity index (χ4v) is 1.45. The molecule has 0 unspecified atom stereocenters. The first-order valence-corrected chi connectivity index (χ1v) is 5.14. The van der Waals surface area contributed by atoms with E-state index in [0.29, 0.717) is 5.76 Å². The summed E-state index contributed by atoms with van der Waals surface area (Å²) >= 11 is 0. The van der Waals surface area contributed by atoms with Crippen LogP contribution in [0.1, 0.15) is 5.76 Å². The molecule has 0 aliphatic rings. The molecule has 0 atom stereocenters. The first kappa shape index (κ1) is 12.5. The lowest BCUT2D eigenvalue weighted by Gasteiger charge is -2.04. The molecule has 0 aliphatic carbocycles. The minimum absolute atomic E-state index is 0.173. The summed E-state index contributed by atoms with van der Waals surface area (Å²) in [5.41, 5.74) is -0.530. The van der Waals surface area contributed by atoms with E-state index in [9.17, 15) is 20.2 Å². The van der Waals surface area contributed by atoms with Gasteiger partial charge in [0, 0.05) is 12.1 Å². The number of nitro benzene ring substituents is 2. The summed E-state index contributed by atoms with van der Waals surface area (Å²) in [6.45, 7) is 0.193. The molecule has 2 rings (SSSR count). The van der Waals surface area contributed by atoms with E-state index in [2.05, 4.69) is 10.5 Å². The van der Waals surface area contributed by atoms with E-state index in [0.717, 1.165) is 6.07 Å². The summed E-state index contributed by atoms with van der Waals surface area (Å²) in [5.74, 6) is 0.493. The second kappa shape index (κ2) is 5.12. The lowest BCUT2D eigenvalue weighted by atomic mass is 10.2. The van der Waals surface area contributed by atoms with Crippen LogP contribution < -0.4 is 5.32 Å². The maximum Gasteiger partial charge on any atom is 0.299 e. The van der Waals surface area contributed by atoms with Crippen molar-refractivity contribution in [3.8, 4) is 0 Å². The van der Waals surface area contributed by atoms with Crippen molar-refractivity contribution in [3.63, 3.8) is 0 Å². The van der Waals surface area contributed by atoms with E-state index in [1.54, 1.807) is 6.07 Å². The Morgan fingerprint density at radius 1 is 1.21 bits per heavy atom. The summed E-state index contributed by atoms with van der Waals surface area (Å²) < 4.78 is 4.83. The Morgan fingerprint density at radius 2 is 2.00 bits per heavy atom. The van der Waals surface area contributed by atoms with Crippen molar-refractivity contribution in [2.24, 2.45) is 0 Å². The van der Waals surface area contributed by atoms with Crippen LogP contribution in [0.15, 0.2) is 35.0 Å². The van der Waals surface area contributed by atoms with Crippen LogP contribution in [0.5, 0.6) is 0 Å². The van der Waals surface area contributed by atoms with Crippen LogP contribution >= 0.6 is 0 Å². The van der Waals surface area contributed by atoms with Crippen LogP contribution in [0.2, 0.25) is 0 Å². The maximum absolute atomic E-state index is 10.9. The fraction of sp³-hybridized carbons (Fsp3) is 0.100. The molecule has 9 nitrogen and oxygen atoms in total. The zero-order chi connectivity index (χ0) is 13.8. The van der Waals surface area contributed by atoms with Gasteiger partial charge in [-0.2, -0.15) is 0 Å². The Kier molecular flexibility index (Phi) is 3.37. The van der Waals surface area contributed by atoms with Gasteiger partial charge in [0.25, 0.3) is 11.4 Å². The number of rotatable bonds is 5. The molecule has 1 heterocycles. The highest BCUT2D eigenvalue weighted by molar-refractivity contribution is 5.65. The number of non-ortho nitro benzene ring substituents is 1. The van der Waals surface area contributed by atoms with Crippen molar-refractivity contribution in [1.82, 2.24) is 5.16 Å². The van der Waals surface area contributed by atoms with Crippen LogP contribution in [0.3, 0.4) is 0 Å². The van der Waals surface area contributed by atoms with E-state index in [4.69, 9.17) is 4.52 Å². The van der Waals surface area contributed by atoms with Gasteiger partial charge in [0.2, 0.25) is 0 Å². The zero-order valence-electron chi connectivity index (χ0n) is 9.48. The first-order chi connectivity index (χ1) is 9.08. The summed E-state index contributed by atoms with van der Waals surface area (Å²) in [6.07, 6.45) is 1.45. The largest absolute Gasteiger partial charge is 0.372 e. The van der Waals surface area contributed by atoms with Crippen molar-refractivity contribution in [2.45, 2.75) is 6.54 Å². The van der Waals surface area contributed by atoms with Gasteiger partial charge in [-0.05, 0) is 6.07 Å². The molecule has 0 fully saturated rings. The number of aromatic nitrogens is 1. The zero-order valence-corrected chi connectivity index (χ0v) is 9.48. The van der Waals surface area contributed by atoms with Crippen LogP contribution in [0.25, 0.3) is 0 Å². The monoisotopic (exact) mass is 264 g/mol. The summed E-state index contributed by atoms with van der Waals surface area (Å²) in [5, 5.41) is 27.7. The van der Waals surface area contributed by atoms with Gasteiger partial charge in [-0.1, -0.05) is 5.16 Å². The van der Waals surface area contributed by atoms with Gasteiger partial charge in [-0.25, -0.2) is 0 Å².